The average Bonchev–Trinajstić information content (AvgIpc) is 2.64. The molecule has 0 aromatic carbocycles. The summed E-state index contributed by atoms with van der Waals surface area (Å²) in [4.78, 5) is 27.7. The van der Waals surface area contributed by atoms with Gasteiger partial charge in [-0.05, 0) is 6.92 Å². The van der Waals surface area contributed by atoms with Crippen molar-refractivity contribution in [1.82, 2.24) is 14.5 Å². The molecule has 0 aliphatic carbocycles. The van der Waals surface area contributed by atoms with Crippen LogP contribution in [0.25, 0.3) is 0 Å². The molecule has 0 aliphatic rings. The molecule has 0 spiro atoms. The van der Waals surface area contributed by atoms with Crippen LogP contribution in [0.2, 0.25) is 0 Å². The standard InChI is InChI=1S/C11H17N3O3S/c1-8-6-12-11(18-7-10(16)17)14(8)5-4-9(15)13(2)3/h6H,4-5,7H2,1-3H3,(H,16,17). The van der Waals surface area contributed by atoms with Crippen LogP contribution in [0, 0.1) is 6.92 Å². The fourth-order valence-electron chi connectivity index (χ4n) is 1.38. The number of aryl methyl sites for hydroxylation is 1. The van der Waals surface area contributed by atoms with Gasteiger partial charge in [-0.3, -0.25) is 9.59 Å². The lowest BCUT2D eigenvalue weighted by Crippen LogP contribution is -2.23. The summed E-state index contributed by atoms with van der Waals surface area (Å²) in [5.74, 6) is -0.869. The molecule has 1 heterocycles. The normalized spacial score (nSPS) is 10.4. The van der Waals surface area contributed by atoms with E-state index in [1.807, 2.05) is 11.5 Å². The first-order valence-electron chi connectivity index (χ1n) is 5.48. The number of rotatable bonds is 6. The van der Waals surface area contributed by atoms with Gasteiger partial charge in [-0.2, -0.15) is 0 Å². The second-order valence-electron chi connectivity index (χ2n) is 4.05. The third-order valence-corrected chi connectivity index (χ3v) is 3.37. The Morgan fingerprint density at radius 1 is 1.50 bits per heavy atom. The maximum atomic E-state index is 11.5. The second-order valence-corrected chi connectivity index (χ2v) is 5.00. The van der Waals surface area contributed by atoms with Crippen LogP contribution in [-0.4, -0.2) is 51.3 Å². The van der Waals surface area contributed by atoms with Crippen molar-refractivity contribution in [1.29, 1.82) is 0 Å². The van der Waals surface area contributed by atoms with Gasteiger partial charge in [0.1, 0.15) is 0 Å². The minimum absolute atomic E-state index is 0.0297. The van der Waals surface area contributed by atoms with Gasteiger partial charge in [-0.25, -0.2) is 4.98 Å². The van der Waals surface area contributed by atoms with Crippen molar-refractivity contribution in [2.24, 2.45) is 0 Å². The molecule has 1 aromatic rings. The second kappa shape index (κ2) is 6.44. The van der Waals surface area contributed by atoms with Crippen molar-refractivity contribution in [3.8, 4) is 0 Å². The highest BCUT2D eigenvalue weighted by Gasteiger charge is 2.11. The van der Waals surface area contributed by atoms with Crippen molar-refractivity contribution < 1.29 is 14.7 Å². The molecule has 0 fully saturated rings. The summed E-state index contributed by atoms with van der Waals surface area (Å²) in [5.41, 5.74) is 0.925. The zero-order valence-corrected chi connectivity index (χ0v) is 11.5. The van der Waals surface area contributed by atoms with E-state index in [1.165, 1.54) is 4.90 Å². The van der Waals surface area contributed by atoms with Crippen LogP contribution in [0.5, 0.6) is 0 Å². The summed E-state index contributed by atoms with van der Waals surface area (Å²) in [7, 11) is 3.42. The number of carbonyl (C=O) groups is 2. The van der Waals surface area contributed by atoms with Gasteiger partial charge in [0.15, 0.2) is 5.16 Å². The third kappa shape index (κ3) is 4.06. The van der Waals surface area contributed by atoms with Gasteiger partial charge in [0.25, 0.3) is 0 Å². The van der Waals surface area contributed by atoms with E-state index in [-0.39, 0.29) is 11.7 Å². The number of carbonyl (C=O) groups excluding carboxylic acids is 1. The van der Waals surface area contributed by atoms with E-state index in [2.05, 4.69) is 4.98 Å². The van der Waals surface area contributed by atoms with Crippen LogP contribution in [0.3, 0.4) is 0 Å². The van der Waals surface area contributed by atoms with Gasteiger partial charge in [-0.1, -0.05) is 11.8 Å². The van der Waals surface area contributed by atoms with E-state index in [0.717, 1.165) is 17.5 Å². The largest absolute Gasteiger partial charge is 0.481 e. The van der Waals surface area contributed by atoms with Crippen LogP contribution in [0.1, 0.15) is 12.1 Å². The van der Waals surface area contributed by atoms with Crippen molar-refractivity contribution in [3.05, 3.63) is 11.9 Å². The Morgan fingerprint density at radius 2 is 2.17 bits per heavy atom. The number of thioether (sulfide) groups is 1. The zero-order valence-electron chi connectivity index (χ0n) is 10.7. The van der Waals surface area contributed by atoms with Gasteiger partial charge in [0.2, 0.25) is 5.91 Å². The number of nitrogens with zero attached hydrogens (tertiary/aromatic N) is 3. The molecule has 1 amide bonds. The number of aliphatic carboxylic acids is 1. The highest BCUT2D eigenvalue weighted by molar-refractivity contribution is 7.99. The highest BCUT2D eigenvalue weighted by atomic mass is 32.2. The molecule has 0 saturated carbocycles. The van der Waals surface area contributed by atoms with Gasteiger partial charge in [0.05, 0.1) is 5.75 Å². The predicted molar refractivity (Wildman–Crippen MR) is 68.6 cm³/mol. The number of aromatic nitrogens is 2. The van der Waals surface area contributed by atoms with Crippen molar-refractivity contribution in [2.75, 3.05) is 19.8 Å². The van der Waals surface area contributed by atoms with E-state index < -0.39 is 5.97 Å². The molecule has 6 nitrogen and oxygen atoms in total. The fourth-order valence-corrected chi connectivity index (χ4v) is 2.15. The minimum atomic E-state index is -0.878. The average molecular weight is 271 g/mol. The summed E-state index contributed by atoms with van der Waals surface area (Å²) < 4.78 is 1.87. The molecule has 0 aliphatic heterocycles. The van der Waals surface area contributed by atoms with Crippen LogP contribution in [0.15, 0.2) is 11.4 Å². The topological polar surface area (TPSA) is 75.4 Å². The molecule has 0 atom stereocenters. The van der Waals surface area contributed by atoms with Crippen molar-refractivity contribution in [2.45, 2.75) is 25.0 Å². The summed E-state index contributed by atoms with van der Waals surface area (Å²) in [6, 6.07) is 0. The van der Waals surface area contributed by atoms with E-state index in [4.69, 9.17) is 5.11 Å². The number of hydrogen-bond acceptors (Lipinski definition) is 4. The first-order chi connectivity index (χ1) is 8.41. The monoisotopic (exact) mass is 271 g/mol. The molecule has 1 aromatic heterocycles. The quantitative estimate of drug-likeness (QED) is 0.776. The molecule has 1 rings (SSSR count). The number of amides is 1. The lowest BCUT2D eigenvalue weighted by molar-refractivity contribution is -0.134. The van der Waals surface area contributed by atoms with Crippen molar-refractivity contribution in [3.63, 3.8) is 0 Å². The maximum Gasteiger partial charge on any atom is 0.313 e. The highest BCUT2D eigenvalue weighted by Crippen LogP contribution is 2.18. The van der Waals surface area contributed by atoms with Crippen LogP contribution >= 0.6 is 11.8 Å². The smallest absolute Gasteiger partial charge is 0.313 e. The molecule has 0 saturated heterocycles. The fraction of sp³-hybridized carbons (Fsp3) is 0.545. The Kier molecular flexibility index (Phi) is 5.21. The van der Waals surface area contributed by atoms with Crippen LogP contribution in [0.4, 0.5) is 0 Å². The first kappa shape index (κ1) is 14.6. The molecule has 0 radical (unpaired) electrons. The first-order valence-corrected chi connectivity index (χ1v) is 6.47. The van der Waals surface area contributed by atoms with Crippen molar-refractivity contribution >= 4 is 23.6 Å². The predicted octanol–water partition coefficient (Wildman–Crippen LogP) is 0.847. The number of carboxylic acid groups (broad SMARTS) is 1. The Hall–Kier alpha value is -1.50. The molecular formula is C11H17N3O3S. The molecule has 7 heteroatoms. The van der Waals surface area contributed by atoms with E-state index >= 15 is 0 Å². The zero-order chi connectivity index (χ0) is 13.7. The number of imidazole rings is 1. The maximum absolute atomic E-state index is 11.5. The molecular weight excluding hydrogens is 254 g/mol. The summed E-state index contributed by atoms with van der Waals surface area (Å²) in [5, 5.41) is 9.28. The van der Waals surface area contributed by atoms with Crippen LogP contribution in [-0.2, 0) is 16.1 Å². The van der Waals surface area contributed by atoms with Crippen LogP contribution < -0.4 is 0 Å². The van der Waals surface area contributed by atoms with E-state index in [0.29, 0.717) is 18.1 Å². The Morgan fingerprint density at radius 3 is 2.72 bits per heavy atom. The summed E-state index contributed by atoms with van der Waals surface area (Å²) in [6.07, 6.45) is 2.06. The van der Waals surface area contributed by atoms with Gasteiger partial charge >= 0.3 is 5.97 Å². The lowest BCUT2D eigenvalue weighted by atomic mass is 10.3. The van der Waals surface area contributed by atoms with Gasteiger partial charge in [0, 0.05) is 39.0 Å². The van der Waals surface area contributed by atoms with E-state index in [1.54, 1.807) is 20.3 Å². The number of hydrogen-bond donors (Lipinski definition) is 1. The third-order valence-electron chi connectivity index (χ3n) is 2.39. The molecule has 1 N–H and O–H groups in total. The SMILES string of the molecule is Cc1cnc(SCC(=O)O)n1CCC(=O)N(C)C. The molecule has 18 heavy (non-hydrogen) atoms. The summed E-state index contributed by atoms with van der Waals surface area (Å²) >= 11 is 1.16. The Balaban J connectivity index is 2.66. The molecule has 0 bridgehead atoms. The number of carboxylic acids is 1. The minimum Gasteiger partial charge on any atom is -0.481 e. The molecule has 100 valence electrons. The van der Waals surface area contributed by atoms with Gasteiger partial charge in [-0.15, -0.1) is 0 Å². The Labute approximate surface area is 110 Å². The van der Waals surface area contributed by atoms with E-state index in [9.17, 15) is 9.59 Å². The summed E-state index contributed by atoms with van der Waals surface area (Å²) in [6.45, 7) is 2.41. The molecule has 0 unspecified atom stereocenters. The van der Waals surface area contributed by atoms with Gasteiger partial charge < -0.3 is 14.6 Å². The Bertz CT molecular complexity index is 443. The lowest BCUT2D eigenvalue weighted by Gasteiger charge is -2.12.